The molecule has 0 spiro atoms. The molecule has 0 radical (unpaired) electrons. The van der Waals surface area contributed by atoms with Crippen molar-refractivity contribution in [2.45, 2.75) is 45.2 Å². The number of benzene rings is 2. The molecule has 0 bridgehead atoms. The van der Waals surface area contributed by atoms with Gasteiger partial charge < -0.3 is 10.1 Å². The van der Waals surface area contributed by atoms with Crippen molar-refractivity contribution >= 4 is 16.6 Å². The van der Waals surface area contributed by atoms with Crippen molar-refractivity contribution < 1.29 is 22.3 Å². The van der Waals surface area contributed by atoms with Gasteiger partial charge in [0.15, 0.2) is 0 Å². The molecule has 1 aliphatic rings. The molecule has 2 aromatic carbocycles. The Morgan fingerprint density at radius 2 is 1.91 bits per heavy atom. The average molecular weight is 446 g/mol. The van der Waals surface area contributed by atoms with Crippen molar-refractivity contribution in [3.63, 3.8) is 0 Å². The second kappa shape index (κ2) is 8.26. The first-order chi connectivity index (χ1) is 15.0. The van der Waals surface area contributed by atoms with Gasteiger partial charge in [-0.05, 0) is 55.2 Å². The number of rotatable bonds is 6. The number of nitrogens with zero attached hydrogens (tertiary/aromatic N) is 1. The normalized spacial score (nSPS) is 14.8. The number of nitrogens with one attached hydrogen (secondary N) is 1. The van der Waals surface area contributed by atoms with Crippen LogP contribution in [-0.4, -0.2) is 24.3 Å². The van der Waals surface area contributed by atoms with E-state index in [0.717, 1.165) is 16.6 Å². The van der Waals surface area contributed by atoms with Crippen LogP contribution in [0.4, 0.5) is 23.2 Å². The summed E-state index contributed by atoms with van der Waals surface area (Å²) in [4.78, 5) is 4.44. The number of ether oxygens (including phenoxy) is 1. The maximum atomic E-state index is 14.2. The molecule has 0 amide bonds. The van der Waals surface area contributed by atoms with Crippen molar-refractivity contribution in [2.75, 3.05) is 18.5 Å². The van der Waals surface area contributed by atoms with E-state index >= 15 is 0 Å². The van der Waals surface area contributed by atoms with Crippen LogP contribution in [0, 0.1) is 18.7 Å². The zero-order valence-corrected chi connectivity index (χ0v) is 18.3. The van der Waals surface area contributed by atoms with Crippen molar-refractivity contribution in [3.05, 3.63) is 65.1 Å². The van der Waals surface area contributed by atoms with E-state index in [-0.39, 0.29) is 13.0 Å². The fraction of sp³-hybridized carbons (Fsp3) is 0.400. The Bertz CT molecular complexity index is 1140. The minimum atomic E-state index is -4.42. The highest BCUT2D eigenvalue weighted by atomic mass is 19.4. The van der Waals surface area contributed by atoms with Gasteiger partial charge in [0.05, 0.1) is 18.0 Å². The van der Waals surface area contributed by atoms with Crippen LogP contribution in [0.15, 0.2) is 42.5 Å². The first kappa shape index (κ1) is 22.4. The minimum absolute atomic E-state index is 0.203. The van der Waals surface area contributed by atoms with Gasteiger partial charge in [-0.2, -0.15) is 13.2 Å². The molecule has 0 saturated heterocycles. The Labute approximate surface area is 184 Å². The van der Waals surface area contributed by atoms with Crippen LogP contribution in [0.1, 0.15) is 37.1 Å². The Kier molecular flexibility index (Phi) is 5.77. The highest BCUT2D eigenvalue weighted by molar-refractivity contribution is 5.91. The first-order valence-electron chi connectivity index (χ1n) is 10.7. The van der Waals surface area contributed by atoms with E-state index in [2.05, 4.69) is 10.3 Å². The molecule has 3 aromatic rings. The SMILES string of the molecule is Cc1ccc2c(NCC(CC(C)(C)c3cc(F)cc4c3OCC4)C(F)(F)F)cccc2n1. The largest absolute Gasteiger partial charge is 0.493 e. The Balaban J connectivity index is 1.59. The lowest BCUT2D eigenvalue weighted by Gasteiger charge is -2.33. The number of aromatic nitrogens is 1. The Morgan fingerprint density at radius 3 is 2.66 bits per heavy atom. The molecule has 1 atom stereocenters. The number of pyridine rings is 1. The van der Waals surface area contributed by atoms with Crippen LogP contribution in [0.2, 0.25) is 0 Å². The van der Waals surface area contributed by atoms with Crippen molar-refractivity contribution in [2.24, 2.45) is 5.92 Å². The van der Waals surface area contributed by atoms with Crippen molar-refractivity contribution in [3.8, 4) is 5.75 Å². The Hall–Kier alpha value is -2.83. The fourth-order valence-corrected chi connectivity index (χ4v) is 4.45. The van der Waals surface area contributed by atoms with Gasteiger partial charge in [0, 0.05) is 40.9 Å². The molecule has 1 aromatic heterocycles. The molecular formula is C25H26F4N2O. The molecule has 7 heteroatoms. The molecule has 170 valence electrons. The maximum Gasteiger partial charge on any atom is 0.393 e. The van der Waals surface area contributed by atoms with Crippen LogP contribution < -0.4 is 10.1 Å². The third-order valence-corrected chi connectivity index (χ3v) is 6.11. The average Bonchev–Trinajstić information content (AvgIpc) is 3.17. The van der Waals surface area contributed by atoms with Gasteiger partial charge in [-0.1, -0.05) is 19.9 Å². The summed E-state index contributed by atoms with van der Waals surface area (Å²) in [5, 5.41) is 3.76. The minimum Gasteiger partial charge on any atom is -0.493 e. The number of hydrogen-bond acceptors (Lipinski definition) is 3. The van der Waals surface area contributed by atoms with Crippen LogP contribution in [0.25, 0.3) is 10.9 Å². The summed E-state index contributed by atoms with van der Waals surface area (Å²) in [7, 11) is 0. The van der Waals surface area contributed by atoms with Crippen LogP contribution in [0.3, 0.4) is 0 Å². The molecule has 1 N–H and O–H groups in total. The van der Waals surface area contributed by atoms with Gasteiger partial charge >= 0.3 is 6.18 Å². The number of alkyl halides is 3. The lowest BCUT2D eigenvalue weighted by molar-refractivity contribution is -0.175. The summed E-state index contributed by atoms with van der Waals surface area (Å²) in [6.07, 6.45) is -4.05. The second-order valence-corrected chi connectivity index (χ2v) is 9.07. The Morgan fingerprint density at radius 1 is 1.12 bits per heavy atom. The van der Waals surface area contributed by atoms with E-state index in [1.54, 1.807) is 26.0 Å². The molecule has 0 aliphatic carbocycles. The highest BCUT2D eigenvalue weighted by Gasteiger charge is 2.44. The lowest BCUT2D eigenvalue weighted by Crippen LogP contribution is -2.35. The van der Waals surface area contributed by atoms with Gasteiger partial charge in [-0.25, -0.2) is 4.39 Å². The molecule has 0 saturated carbocycles. The van der Waals surface area contributed by atoms with Gasteiger partial charge in [0.1, 0.15) is 11.6 Å². The van der Waals surface area contributed by atoms with E-state index in [1.807, 2.05) is 25.1 Å². The quantitative estimate of drug-likeness (QED) is 0.435. The van der Waals surface area contributed by atoms with Crippen LogP contribution in [-0.2, 0) is 11.8 Å². The molecule has 32 heavy (non-hydrogen) atoms. The molecule has 1 aliphatic heterocycles. The third-order valence-electron chi connectivity index (χ3n) is 6.11. The van der Waals surface area contributed by atoms with Gasteiger partial charge in [-0.15, -0.1) is 0 Å². The first-order valence-corrected chi connectivity index (χ1v) is 10.7. The molecule has 3 nitrogen and oxygen atoms in total. The summed E-state index contributed by atoms with van der Waals surface area (Å²) in [5.41, 5.74) is 2.45. The van der Waals surface area contributed by atoms with Crippen LogP contribution in [0.5, 0.6) is 5.75 Å². The van der Waals surface area contributed by atoms with Crippen molar-refractivity contribution in [1.29, 1.82) is 0 Å². The predicted molar refractivity (Wildman–Crippen MR) is 118 cm³/mol. The maximum absolute atomic E-state index is 14.2. The molecule has 0 fully saturated rings. The summed E-state index contributed by atoms with van der Waals surface area (Å²) in [6.45, 7) is 5.42. The third kappa shape index (κ3) is 4.52. The summed E-state index contributed by atoms with van der Waals surface area (Å²) in [6, 6.07) is 11.8. The summed E-state index contributed by atoms with van der Waals surface area (Å²) >= 11 is 0. The second-order valence-electron chi connectivity index (χ2n) is 9.07. The van der Waals surface area contributed by atoms with E-state index in [4.69, 9.17) is 4.74 Å². The molecule has 2 heterocycles. The van der Waals surface area contributed by atoms with Gasteiger partial charge in [-0.3, -0.25) is 4.98 Å². The van der Waals surface area contributed by atoms with E-state index in [9.17, 15) is 17.6 Å². The van der Waals surface area contributed by atoms with Gasteiger partial charge in [0.2, 0.25) is 0 Å². The van der Waals surface area contributed by atoms with E-state index in [0.29, 0.717) is 35.6 Å². The topological polar surface area (TPSA) is 34.1 Å². The molecular weight excluding hydrogens is 420 g/mol. The molecule has 1 unspecified atom stereocenters. The highest BCUT2D eigenvalue weighted by Crippen LogP contribution is 2.44. The monoisotopic (exact) mass is 446 g/mol. The summed E-state index contributed by atoms with van der Waals surface area (Å²) < 4.78 is 61.9. The van der Waals surface area contributed by atoms with Crippen LogP contribution >= 0.6 is 0 Å². The smallest absolute Gasteiger partial charge is 0.393 e. The number of aryl methyl sites for hydroxylation is 1. The number of halogens is 4. The lowest BCUT2D eigenvalue weighted by atomic mass is 9.75. The standard InChI is InChI=1S/C25H26F4N2O/c1-15-7-8-19-21(5-4-6-22(19)31-15)30-14-17(25(27,28)29)13-24(2,3)20-12-18(26)11-16-9-10-32-23(16)20/h4-8,11-12,17,30H,9-10,13-14H2,1-3H3. The zero-order chi connectivity index (χ0) is 23.1. The van der Waals surface area contributed by atoms with E-state index < -0.39 is 23.3 Å². The van der Waals surface area contributed by atoms with Gasteiger partial charge in [0.25, 0.3) is 0 Å². The number of anilines is 1. The van der Waals surface area contributed by atoms with Crippen molar-refractivity contribution in [1.82, 2.24) is 4.98 Å². The fourth-order valence-electron chi connectivity index (χ4n) is 4.45. The number of hydrogen-bond donors (Lipinski definition) is 1. The molecule has 4 rings (SSSR count). The number of fused-ring (bicyclic) bond motifs is 2. The predicted octanol–water partition coefficient (Wildman–Crippen LogP) is 6.58. The zero-order valence-electron chi connectivity index (χ0n) is 18.3. The van der Waals surface area contributed by atoms with E-state index in [1.165, 1.54) is 12.1 Å². The summed E-state index contributed by atoms with van der Waals surface area (Å²) in [5.74, 6) is -1.55.